The summed E-state index contributed by atoms with van der Waals surface area (Å²) >= 11 is 0. The maximum Gasteiger partial charge on any atom is 0.409 e. The smallest absolute Gasteiger partial charge is 0.409 e. The van der Waals surface area contributed by atoms with Crippen molar-refractivity contribution < 1.29 is 24.2 Å². The molecule has 2 aliphatic carbocycles. The van der Waals surface area contributed by atoms with Crippen LogP contribution in [0.4, 0.5) is 4.79 Å². The van der Waals surface area contributed by atoms with E-state index in [1.807, 2.05) is 20.8 Å². The van der Waals surface area contributed by atoms with Crippen molar-refractivity contribution >= 4 is 12.1 Å². The highest BCUT2D eigenvalue weighted by molar-refractivity contribution is 5.78. The lowest BCUT2D eigenvalue weighted by molar-refractivity contribution is -0.146. The van der Waals surface area contributed by atoms with Crippen molar-refractivity contribution in [2.45, 2.75) is 91.0 Å². The standard InChI is InChI=1S/C21H35NO5/c1-6-26-18(23)16-15(20(16,2)3)17-14(12-13-10-8-7-9-11-13)22(19(24)25)21(4,5)27-17/h13-17H,6-12H2,1-5H3,(H,24,25). The molecule has 27 heavy (non-hydrogen) atoms. The monoisotopic (exact) mass is 381 g/mol. The third-order valence-corrected chi connectivity index (χ3v) is 7.03. The van der Waals surface area contributed by atoms with Gasteiger partial charge in [0.15, 0.2) is 0 Å². The molecule has 0 aromatic carbocycles. The van der Waals surface area contributed by atoms with Crippen molar-refractivity contribution in [1.29, 1.82) is 0 Å². The first-order chi connectivity index (χ1) is 12.6. The zero-order valence-corrected chi connectivity index (χ0v) is 17.4. The average Bonchev–Trinajstić information content (AvgIpc) is 3.04. The van der Waals surface area contributed by atoms with Gasteiger partial charge in [0, 0.05) is 5.92 Å². The van der Waals surface area contributed by atoms with Crippen molar-refractivity contribution in [1.82, 2.24) is 4.90 Å². The predicted molar refractivity (Wildman–Crippen MR) is 101 cm³/mol. The van der Waals surface area contributed by atoms with Gasteiger partial charge in [-0.25, -0.2) is 4.79 Å². The van der Waals surface area contributed by atoms with Gasteiger partial charge in [0.1, 0.15) is 5.72 Å². The highest BCUT2D eigenvalue weighted by Crippen LogP contribution is 2.63. The van der Waals surface area contributed by atoms with Crippen LogP contribution in [0.5, 0.6) is 0 Å². The second-order valence-electron chi connectivity index (χ2n) is 9.57. The number of ether oxygens (including phenoxy) is 2. The van der Waals surface area contributed by atoms with Gasteiger partial charge in [0.2, 0.25) is 0 Å². The minimum atomic E-state index is -0.936. The summed E-state index contributed by atoms with van der Waals surface area (Å²) in [5.41, 5.74) is -1.11. The molecule has 3 aliphatic rings. The molecule has 3 rings (SSSR count). The van der Waals surface area contributed by atoms with E-state index in [0.717, 1.165) is 19.3 Å². The SMILES string of the molecule is CCOC(=O)C1C(C2OC(C)(C)N(C(=O)O)C2CC2CCCCC2)C1(C)C. The van der Waals surface area contributed by atoms with Gasteiger partial charge in [0.05, 0.1) is 24.7 Å². The summed E-state index contributed by atoms with van der Waals surface area (Å²) in [5, 5.41) is 9.91. The topological polar surface area (TPSA) is 76.1 Å². The van der Waals surface area contributed by atoms with Crippen LogP contribution < -0.4 is 0 Å². The van der Waals surface area contributed by atoms with E-state index in [0.29, 0.717) is 12.5 Å². The van der Waals surface area contributed by atoms with E-state index in [1.165, 1.54) is 24.2 Å². The summed E-state index contributed by atoms with van der Waals surface area (Å²) < 4.78 is 11.6. The van der Waals surface area contributed by atoms with E-state index in [9.17, 15) is 14.7 Å². The fraction of sp³-hybridized carbons (Fsp3) is 0.905. The van der Waals surface area contributed by atoms with Crippen LogP contribution in [-0.4, -0.2) is 46.5 Å². The first kappa shape index (κ1) is 20.4. The van der Waals surface area contributed by atoms with Gasteiger partial charge in [-0.1, -0.05) is 46.0 Å². The van der Waals surface area contributed by atoms with Crippen LogP contribution in [0.25, 0.3) is 0 Å². The molecule has 154 valence electrons. The third-order valence-electron chi connectivity index (χ3n) is 7.03. The highest BCUT2D eigenvalue weighted by Gasteiger charge is 2.70. The van der Waals surface area contributed by atoms with Gasteiger partial charge in [-0.3, -0.25) is 9.69 Å². The molecule has 0 bridgehead atoms. The minimum absolute atomic E-state index is 0.00577. The number of nitrogens with zero attached hydrogens (tertiary/aromatic N) is 1. The van der Waals surface area contributed by atoms with Gasteiger partial charge in [0.25, 0.3) is 0 Å². The van der Waals surface area contributed by atoms with Crippen molar-refractivity contribution in [3.63, 3.8) is 0 Å². The number of carboxylic acid groups (broad SMARTS) is 1. The Hall–Kier alpha value is -1.30. The van der Waals surface area contributed by atoms with E-state index in [1.54, 1.807) is 0 Å². The molecule has 2 saturated carbocycles. The van der Waals surface area contributed by atoms with E-state index >= 15 is 0 Å². The first-order valence-electron chi connectivity index (χ1n) is 10.5. The molecule has 4 atom stereocenters. The van der Waals surface area contributed by atoms with Gasteiger partial charge in [-0.2, -0.15) is 0 Å². The van der Waals surface area contributed by atoms with Crippen LogP contribution in [0.15, 0.2) is 0 Å². The molecule has 1 N–H and O–H groups in total. The molecule has 4 unspecified atom stereocenters. The number of esters is 1. The zero-order chi connectivity index (χ0) is 20.0. The Morgan fingerprint density at radius 2 is 1.78 bits per heavy atom. The summed E-state index contributed by atoms with van der Waals surface area (Å²) in [7, 11) is 0. The fourth-order valence-electron chi connectivity index (χ4n) is 5.68. The van der Waals surface area contributed by atoms with Crippen molar-refractivity contribution in [2.24, 2.45) is 23.2 Å². The Bertz CT molecular complexity index is 581. The molecule has 1 aliphatic heterocycles. The Morgan fingerprint density at radius 3 is 2.33 bits per heavy atom. The molecule has 0 spiro atoms. The highest BCUT2D eigenvalue weighted by atomic mass is 16.6. The molecule has 1 heterocycles. The zero-order valence-electron chi connectivity index (χ0n) is 17.4. The Balaban J connectivity index is 1.85. The molecule has 3 fully saturated rings. The molecule has 1 amide bonds. The maximum atomic E-state index is 12.5. The lowest BCUT2D eigenvalue weighted by Crippen LogP contribution is -2.48. The second-order valence-corrected chi connectivity index (χ2v) is 9.57. The Labute approximate surface area is 162 Å². The lowest BCUT2D eigenvalue weighted by atomic mass is 9.82. The molecule has 0 aromatic heterocycles. The fourth-order valence-corrected chi connectivity index (χ4v) is 5.68. The van der Waals surface area contributed by atoms with Crippen molar-refractivity contribution in [2.75, 3.05) is 6.61 Å². The van der Waals surface area contributed by atoms with Crippen LogP contribution in [0.1, 0.15) is 73.1 Å². The number of hydrogen-bond donors (Lipinski definition) is 1. The van der Waals surface area contributed by atoms with E-state index in [-0.39, 0.29) is 35.4 Å². The molecule has 1 saturated heterocycles. The first-order valence-corrected chi connectivity index (χ1v) is 10.5. The van der Waals surface area contributed by atoms with E-state index in [2.05, 4.69) is 13.8 Å². The van der Waals surface area contributed by atoms with Crippen LogP contribution >= 0.6 is 0 Å². The number of hydrogen-bond acceptors (Lipinski definition) is 4. The minimum Gasteiger partial charge on any atom is -0.466 e. The summed E-state index contributed by atoms with van der Waals surface area (Å²) in [6.07, 6.45) is 5.66. The maximum absolute atomic E-state index is 12.5. The normalized spacial score (nSPS) is 35.1. The summed E-state index contributed by atoms with van der Waals surface area (Å²) in [5.74, 6) is 0.127. The molecule has 0 aromatic rings. The molecule has 6 heteroatoms. The quantitative estimate of drug-likeness (QED) is 0.720. The lowest BCUT2D eigenvalue weighted by Gasteiger charge is -2.34. The number of amides is 1. The van der Waals surface area contributed by atoms with Crippen molar-refractivity contribution in [3.05, 3.63) is 0 Å². The molecule has 0 radical (unpaired) electrons. The summed E-state index contributed by atoms with van der Waals surface area (Å²) in [4.78, 5) is 26.0. The second kappa shape index (κ2) is 7.26. The summed E-state index contributed by atoms with van der Waals surface area (Å²) in [6, 6.07) is -0.204. The van der Waals surface area contributed by atoms with Crippen LogP contribution in [0.2, 0.25) is 0 Å². The largest absolute Gasteiger partial charge is 0.466 e. The van der Waals surface area contributed by atoms with Gasteiger partial charge in [-0.15, -0.1) is 0 Å². The van der Waals surface area contributed by atoms with Gasteiger partial charge >= 0.3 is 12.1 Å². The van der Waals surface area contributed by atoms with Crippen LogP contribution in [0.3, 0.4) is 0 Å². The third kappa shape index (κ3) is 3.69. The number of carbonyl (C=O) groups excluding carboxylic acids is 1. The van der Waals surface area contributed by atoms with Crippen LogP contribution in [0, 0.1) is 23.2 Å². The summed E-state index contributed by atoms with van der Waals surface area (Å²) in [6.45, 7) is 9.96. The average molecular weight is 382 g/mol. The Kier molecular flexibility index (Phi) is 5.50. The number of carbonyl (C=O) groups is 2. The van der Waals surface area contributed by atoms with Crippen molar-refractivity contribution in [3.8, 4) is 0 Å². The molecular weight excluding hydrogens is 346 g/mol. The Morgan fingerprint density at radius 1 is 1.15 bits per heavy atom. The van der Waals surface area contributed by atoms with Gasteiger partial charge < -0.3 is 14.6 Å². The number of rotatable bonds is 5. The van der Waals surface area contributed by atoms with E-state index in [4.69, 9.17) is 9.47 Å². The van der Waals surface area contributed by atoms with Crippen LogP contribution in [-0.2, 0) is 14.3 Å². The van der Waals surface area contributed by atoms with Gasteiger partial charge in [-0.05, 0) is 38.5 Å². The predicted octanol–water partition coefficient (Wildman–Crippen LogP) is 4.28. The van der Waals surface area contributed by atoms with E-state index < -0.39 is 11.8 Å². The molecule has 6 nitrogen and oxygen atoms in total. The molecular formula is C21H35NO5.